The van der Waals surface area contributed by atoms with Gasteiger partial charge in [0.05, 0.1) is 35.8 Å². The number of halogens is 3. The molecule has 2 fully saturated rings. The maximum absolute atomic E-state index is 15.1. The third-order valence-corrected chi connectivity index (χ3v) is 9.01. The molecular weight excluding hydrogens is 580 g/mol. The molecule has 1 N–H and O–H groups in total. The fourth-order valence-corrected chi connectivity index (χ4v) is 6.53. The highest BCUT2D eigenvalue weighted by molar-refractivity contribution is 6.30. The molecule has 2 atom stereocenters. The minimum atomic E-state index is -1.32. The average molecular weight is 610 g/mol. The monoisotopic (exact) mass is 609 g/mol. The lowest BCUT2D eigenvalue weighted by atomic mass is 9.88. The maximum Gasteiger partial charge on any atom is 0.338 e. The van der Waals surface area contributed by atoms with Crippen molar-refractivity contribution < 1.29 is 32.9 Å². The Morgan fingerprint density at radius 1 is 1.12 bits per heavy atom. The molecular formula is C32H30ClF2N3O5. The Balaban J connectivity index is 1.09. The second-order valence-electron chi connectivity index (χ2n) is 11.5. The van der Waals surface area contributed by atoms with Gasteiger partial charge in [0, 0.05) is 24.1 Å². The van der Waals surface area contributed by atoms with Crippen molar-refractivity contribution in [2.75, 3.05) is 19.7 Å². The van der Waals surface area contributed by atoms with Gasteiger partial charge in [0.15, 0.2) is 17.3 Å². The zero-order valence-electron chi connectivity index (χ0n) is 23.5. The van der Waals surface area contributed by atoms with Crippen LogP contribution in [-0.4, -0.2) is 51.3 Å². The average Bonchev–Trinajstić information content (AvgIpc) is 3.48. The SMILES string of the molecule is C[C@]1(c2ccc(Cl)cc2F)Oc2cccc(C3CCN(Cc4nc5c(F)c(C(=O)O)ccc5n4C[C@@H]4CCO4)CC3)c2O1. The largest absolute Gasteiger partial charge is 0.478 e. The summed E-state index contributed by atoms with van der Waals surface area (Å²) in [5.41, 5.74) is 1.55. The van der Waals surface area contributed by atoms with E-state index in [-0.39, 0.29) is 28.7 Å². The lowest BCUT2D eigenvalue weighted by Crippen LogP contribution is -2.35. The molecule has 3 aliphatic heterocycles. The topological polar surface area (TPSA) is 86.1 Å². The van der Waals surface area contributed by atoms with E-state index in [0.717, 1.165) is 37.9 Å². The first kappa shape index (κ1) is 28.1. The third kappa shape index (κ3) is 5.01. The maximum atomic E-state index is 15.1. The van der Waals surface area contributed by atoms with Gasteiger partial charge in [-0.25, -0.2) is 18.6 Å². The summed E-state index contributed by atoms with van der Waals surface area (Å²) in [6, 6.07) is 13.2. The second kappa shape index (κ2) is 10.8. The predicted molar refractivity (Wildman–Crippen MR) is 155 cm³/mol. The smallest absolute Gasteiger partial charge is 0.338 e. The molecule has 0 saturated carbocycles. The van der Waals surface area contributed by atoms with Gasteiger partial charge in [0.2, 0.25) is 0 Å². The summed E-state index contributed by atoms with van der Waals surface area (Å²) >= 11 is 5.96. The van der Waals surface area contributed by atoms with Crippen LogP contribution in [0.15, 0.2) is 48.5 Å². The highest BCUT2D eigenvalue weighted by Gasteiger charge is 2.43. The van der Waals surface area contributed by atoms with Crippen LogP contribution in [0.1, 0.15) is 59.4 Å². The molecule has 4 heterocycles. The van der Waals surface area contributed by atoms with Crippen molar-refractivity contribution in [3.63, 3.8) is 0 Å². The zero-order valence-corrected chi connectivity index (χ0v) is 24.2. The minimum Gasteiger partial charge on any atom is -0.478 e. The molecule has 2 saturated heterocycles. The molecule has 0 spiro atoms. The molecule has 11 heteroatoms. The fraction of sp³-hybridized carbons (Fsp3) is 0.375. The Kier molecular flexibility index (Phi) is 7.03. The number of nitrogens with zero attached hydrogens (tertiary/aromatic N) is 3. The molecule has 4 aromatic rings. The number of carbonyl (C=O) groups is 1. The van der Waals surface area contributed by atoms with Crippen molar-refractivity contribution in [1.29, 1.82) is 0 Å². The lowest BCUT2D eigenvalue weighted by Gasteiger charge is -2.33. The molecule has 224 valence electrons. The van der Waals surface area contributed by atoms with Gasteiger partial charge in [0.25, 0.3) is 5.79 Å². The van der Waals surface area contributed by atoms with Gasteiger partial charge in [-0.1, -0.05) is 23.7 Å². The molecule has 0 radical (unpaired) electrons. The third-order valence-electron chi connectivity index (χ3n) is 8.77. The van der Waals surface area contributed by atoms with Crippen LogP contribution < -0.4 is 9.47 Å². The first-order chi connectivity index (χ1) is 20.7. The van der Waals surface area contributed by atoms with Gasteiger partial charge < -0.3 is 23.9 Å². The Bertz CT molecular complexity index is 1730. The lowest BCUT2D eigenvalue weighted by molar-refractivity contribution is -0.0712. The van der Waals surface area contributed by atoms with Crippen LogP contribution in [-0.2, 0) is 23.6 Å². The van der Waals surface area contributed by atoms with E-state index in [1.165, 1.54) is 12.1 Å². The Morgan fingerprint density at radius 2 is 1.91 bits per heavy atom. The van der Waals surface area contributed by atoms with Gasteiger partial charge in [-0.2, -0.15) is 0 Å². The van der Waals surface area contributed by atoms with E-state index < -0.39 is 23.4 Å². The van der Waals surface area contributed by atoms with Crippen molar-refractivity contribution in [1.82, 2.24) is 14.5 Å². The van der Waals surface area contributed by atoms with Crippen LogP contribution in [0.5, 0.6) is 11.5 Å². The van der Waals surface area contributed by atoms with E-state index in [2.05, 4.69) is 9.88 Å². The van der Waals surface area contributed by atoms with Crippen LogP contribution in [0.4, 0.5) is 8.78 Å². The summed E-state index contributed by atoms with van der Waals surface area (Å²) in [6.45, 7) is 4.97. The van der Waals surface area contributed by atoms with Crippen molar-refractivity contribution in [3.05, 3.63) is 87.7 Å². The Labute approximate surface area is 251 Å². The van der Waals surface area contributed by atoms with Crippen LogP contribution >= 0.6 is 11.6 Å². The van der Waals surface area contributed by atoms with E-state index in [1.807, 2.05) is 22.8 Å². The molecule has 7 rings (SSSR count). The predicted octanol–water partition coefficient (Wildman–Crippen LogP) is 6.48. The van der Waals surface area contributed by atoms with Crippen LogP contribution in [0.2, 0.25) is 5.02 Å². The minimum absolute atomic E-state index is 0.0264. The Hall–Kier alpha value is -3.73. The van der Waals surface area contributed by atoms with E-state index in [4.69, 9.17) is 25.8 Å². The van der Waals surface area contributed by atoms with E-state index in [9.17, 15) is 14.3 Å². The highest BCUT2D eigenvalue weighted by Crippen LogP contribution is 2.50. The van der Waals surface area contributed by atoms with Gasteiger partial charge in [-0.15, -0.1) is 0 Å². The number of aromatic carboxylic acids is 1. The number of aromatic nitrogens is 2. The molecule has 43 heavy (non-hydrogen) atoms. The number of para-hydroxylation sites is 1. The molecule has 8 nitrogen and oxygen atoms in total. The number of likely N-dealkylation sites (tertiary alicyclic amines) is 1. The van der Waals surface area contributed by atoms with Crippen LogP contribution in [0.25, 0.3) is 11.0 Å². The van der Waals surface area contributed by atoms with Crippen molar-refractivity contribution >= 4 is 28.6 Å². The number of imidazole rings is 1. The summed E-state index contributed by atoms with van der Waals surface area (Å²) in [7, 11) is 0. The number of piperidine rings is 1. The molecule has 0 unspecified atom stereocenters. The van der Waals surface area contributed by atoms with E-state index >= 15 is 4.39 Å². The van der Waals surface area contributed by atoms with E-state index in [1.54, 1.807) is 25.1 Å². The first-order valence-electron chi connectivity index (χ1n) is 14.4. The van der Waals surface area contributed by atoms with Crippen LogP contribution in [0.3, 0.4) is 0 Å². The standard InChI is InChI=1S/C32H30ClF2N3O5/c1-32(23-7-5-19(33)15-24(23)34)42-26-4-2-3-21(30(26)43-32)18-9-12-37(13-10-18)17-27-36-29-25(38(27)16-20-11-14-41-20)8-6-22(28(29)35)31(39)40/h2-8,15,18,20H,9-14,16-17H2,1H3,(H,39,40)/t20-,32-/m0/s1. The summed E-state index contributed by atoms with van der Waals surface area (Å²) in [4.78, 5) is 18.4. The van der Waals surface area contributed by atoms with E-state index in [0.29, 0.717) is 47.6 Å². The molecule has 3 aliphatic rings. The molecule has 0 bridgehead atoms. The summed E-state index contributed by atoms with van der Waals surface area (Å²) in [6.07, 6.45) is 2.63. The van der Waals surface area contributed by atoms with Crippen molar-refractivity contribution in [3.8, 4) is 11.5 Å². The molecule has 0 aliphatic carbocycles. The Morgan fingerprint density at radius 3 is 2.60 bits per heavy atom. The molecule has 1 aromatic heterocycles. The number of carboxylic acid groups (broad SMARTS) is 1. The number of fused-ring (bicyclic) bond motifs is 2. The number of hydrogen-bond acceptors (Lipinski definition) is 6. The van der Waals surface area contributed by atoms with Gasteiger partial charge >= 0.3 is 5.97 Å². The van der Waals surface area contributed by atoms with Crippen molar-refractivity contribution in [2.45, 2.75) is 57.1 Å². The number of carboxylic acids is 1. The first-order valence-corrected chi connectivity index (χ1v) is 14.8. The summed E-state index contributed by atoms with van der Waals surface area (Å²) < 4.78 is 50.0. The molecule has 3 aromatic carbocycles. The van der Waals surface area contributed by atoms with Gasteiger partial charge in [-0.3, -0.25) is 4.90 Å². The number of rotatable bonds is 7. The van der Waals surface area contributed by atoms with Gasteiger partial charge in [0.1, 0.15) is 17.2 Å². The highest BCUT2D eigenvalue weighted by atomic mass is 35.5. The number of hydrogen-bond donors (Lipinski definition) is 1. The molecule has 0 amide bonds. The second-order valence-corrected chi connectivity index (χ2v) is 12.0. The fourth-order valence-electron chi connectivity index (χ4n) is 6.37. The van der Waals surface area contributed by atoms with Crippen molar-refractivity contribution in [2.24, 2.45) is 0 Å². The normalized spacial score (nSPS) is 22.2. The number of ether oxygens (including phenoxy) is 3. The quantitative estimate of drug-likeness (QED) is 0.257. The summed E-state index contributed by atoms with van der Waals surface area (Å²) in [5.74, 6) is -1.85. The zero-order chi connectivity index (χ0) is 29.9. The number of benzene rings is 3. The summed E-state index contributed by atoms with van der Waals surface area (Å²) in [5, 5.41) is 9.70. The van der Waals surface area contributed by atoms with Crippen LogP contribution in [0, 0.1) is 11.6 Å². The van der Waals surface area contributed by atoms with Gasteiger partial charge in [-0.05, 0) is 74.7 Å².